The topological polar surface area (TPSA) is 195 Å². The van der Waals surface area contributed by atoms with Gasteiger partial charge in [0.1, 0.15) is 30.1 Å². The third kappa shape index (κ3) is 14.6. The van der Waals surface area contributed by atoms with Gasteiger partial charge < -0.3 is 43.9 Å². The minimum atomic E-state index is -2.40. The lowest BCUT2D eigenvalue weighted by Crippen LogP contribution is -2.61. The van der Waals surface area contributed by atoms with Crippen molar-refractivity contribution < 1.29 is 63.0 Å². The van der Waals surface area contributed by atoms with Gasteiger partial charge in [-0.25, -0.2) is 4.79 Å². The SMILES string of the molecule is CO[C@H]1C[C@@H]2CC[C@@H](C)[C@@](O)(O2)C(=O)C(=O)N2CCCC[C@H]2C(=O)O[C@H]([C@H](C)C[C@@H]2CC[C@H](O)[C@H](OC)C2)CC(=O)[C@H](C)/C=C(/C)[C@@H](O)[C@@H](OC)C(=O)[C@H](C)C[C@H](C)CCCC/C=C\1C. The average molecular weight is 918 g/mol. The number of rotatable bonds is 6. The van der Waals surface area contributed by atoms with Gasteiger partial charge >= 0.3 is 5.97 Å². The molecule has 4 aliphatic rings. The van der Waals surface area contributed by atoms with Crippen LogP contribution in [-0.4, -0.2) is 132 Å². The highest BCUT2D eigenvalue weighted by Crippen LogP contribution is 2.38. The van der Waals surface area contributed by atoms with Gasteiger partial charge in [-0.1, -0.05) is 59.6 Å². The van der Waals surface area contributed by atoms with Crippen LogP contribution < -0.4 is 0 Å². The van der Waals surface area contributed by atoms with Crippen LogP contribution in [0.1, 0.15) is 151 Å². The Balaban J connectivity index is 1.67. The van der Waals surface area contributed by atoms with Crippen molar-refractivity contribution in [3.05, 3.63) is 23.3 Å². The summed E-state index contributed by atoms with van der Waals surface area (Å²) in [7, 11) is 4.59. The van der Waals surface area contributed by atoms with E-state index in [2.05, 4.69) is 13.0 Å². The first kappa shape index (κ1) is 54.8. The van der Waals surface area contributed by atoms with Gasteiger partial charge in [-0.2, -0.15) is 0 Å². The molecule has 2 saturated heterocycles. The van der Waals surface area contributed by atoms with Crippen LogP contribution in [0.2, 0.25) is 0 Å². The number of carbonyl (C=O) groups excluding carboxylic acids is 5. The molecule has 0 radical (unpaired) electrons. The van der Waals surface area contributed by atoms with Gasteiger partial charge in [0.2, 0.25) is 5.79 Å². The van der Waals surface area contributed by atoms with E-state index in [0.717, 1.165) is 37.7 Å². The number of nitrogens with zero attached hydrogens (tertiary/aromatic N) is 1. The number of ether oxygens (including phenoxy) is 5. The first-order chi connectivity index (χ1) is 30.7. The minimum Gasteiger partial charge on any atom is -0.460 e. The normalized spacial score (nSPS) is 39.9. The number of piperidine rings is 1. The van der Waals surface area contributed by atoms with Crippen LogP contribution in [0.15, 0.2) is 23.3 Å². The summed E-state index contributed by atoms with van der Waals surface area (Å²) in [6.45, 7) is 13.1. The predicted molar refractivity (Wildman–Crippen MR) is 245 cm³/mol. The Morgan fingerprint density at radius 2 is 1.54 bits per heavy atom. The molecule has 0 unspecified atom stereocenters. The van der Waals surface area contributed by atoms with Crippen molar-refractivity contribution >= 4 is 29.2 Å². The molecule has 3 N–H and O–H groups in total. The maximum absolute atomic E-state index is 14.4. The van der Waals surface area contributed by atoms with Crippen LogP contribution in [0.5, 0.6) is 0 Å². The van der Waals surface area contributed by atoms with Crippen molar-refractivity contribution in [2.24, 2.45) is 35.5 Å². The zero-order chi connectivity index (χ0) is 48.2. The molecule has 0 aromatic heterocycles. The Kier molecular flexibility index (Phi) is 21.5. The highest BCUT2D eigenvalue weighted by atomic mass is 16.6. The van der Waals surface area contributed by atoms with Crippen molar-refractivity contribution in [2.45, 2.75) is 206 Å². The van der Waals surface area contributed by atoms with E-state index in [4.69, 9.17) is 23.7 Å². The standard InChI is InChI=1S/C51H83NO13/c1-30-16-12-11-13-17-31(2)42(61-8)28-38-21-19-36(7)51(60,65-38)48(57)49(58)52-23-15-14-18-39(52)50(59)64-43(33(4)26-37-20-22-40(53)44(27-37)62-9)29-41(54)32(3)25-35(6)46(56)47(63-10)45(55)34(5)24-30/h17,25,30,32-34,36-40,42-44,46-47,53,56,60H,11-16,18-24,26-29H2,1-10H3/b31-17-,35-25-/t30-,32-,33-,34-,36-,37+,38+,39+,40+,42+,43+,44-,46-,47+,51-/m1/s1. The van der Waals surface area contributed by atoms with Crippen LogP contribution in [0.4, 0.5) is 0 Å². The third-order valence-corrected chi connectivity index (χ3v) is 15.1. The number of hydrogen-bond acceptors (Lipinski definition) is 13. The Labute approximate surface area is 388 Å². The summed E-state index contributed by atoms with van der Waals surface area (Å²) < 4.78 is 29.5. The second-order valence-corrected chi connectivity index (χ2v) is 20.3. The molecule has 1 aliphatic carbocycles. The number of cyclic esters (lactones) is 1. The molecule has 3 fully saturated rings. The van der Waals surface area contributed by atoms with Crippen molar-refractivity contribution in [1.82, 2.24) is 4.90 Å². The number of amides is 1. The number of aliphatic hydroxyl groups excluding tert-OH is 2. The Bertz CT molecular complexity index is 1660. The summed E-state index contributed by atoms with van der Waals surface area (Å²) in [5, 5.41) is 33.9. The molecule has 1 saturated carbocycles. The molecule has 14 heteroatoms. The average Bonchev–Trinajstić information content (AvgIpc) is 3.28. The monoisotopic (exact) mass is 918 g/mol. The number of ketones is 3. The zero-order valence-corrected chi connectivity index (χ0v) is 41.1. The third-order valence-electron chi connectivity index (χ3n) is 15.1. The van der Waals surface area contributed by atoms with E-state index in [9.17, 15) is 39.3 Å². The molecule has 1 amide bonds. The second kappa shape index (κ2) is 25.5. The number of carbonyl (C=O) groups is 5. The van der Waals surface area contributed by atoms with E-state index >= 15 is 0 Å². The first-order valence-corrected chi connectivity index (χ1v) is 24.6. The molecule has 3 aliphatic heterocycles. The van der Waals surface area contributed by atoms with E-state index in [1.54, 1.807) is 41.1 Å². The molecular formula is C51H83NO13. The van der Waals surface area contributed by atoms with Crippen molar-refractivity contribution in [2.75, 3.05) is 27.9 Å². The molecule has 370 valence electrons. The van der Waals surface area contributed by atoms with Gasteiger partial charge in [0.15, 0.2) is 5.78 Å². The molecule has 0 aromatic carbocycles. The molecule has 4 rings (SSSR count). The fourth-order valence-corrected chi connectivity index (χ4v) is 10.7. The van der Waals surface area contributed by atoms with Crippen LogP contribution in [0, 0.1) is 35.5 Å². The number of fused-ring (bicyclic) bond motifs is 3. The Morgan fingerprint density at radius 3 is 2.22 bits per heavy atom. The molecule has 14 nitrogen and oxygen atoms in total. The molecule has 15 atom stereocenters. The number of allylic oxidation sites excluding steroid dienone is 2. The number of aliphatic hydroxyl groups is 3. The number of Topliss-reactive ketones (excluding diaryl/α,β-unsaturated/α-hetero) is 3. The van der Waals surface area contributed by atoms with Gasteiger partial charge in [0.25, 0.3) is 11.7 Å². The van der Waals surface area contributed by atoms with E-state index in [1.165, 1.54) is 12.0 Å². The summed E-state index contributed by atoms with van der Waals surface area (Å²) >= 11 is 0. The maximum Gasteiger partial charge on any atom is 0.329 e. The predicted octanol–water partition coefficient (Wildman–Crippen LogP) is 6.63. The molecular weight excluding hydrogens is 835 g/mol. The van der Waals surface area contributed by atoms with Crippen molar-refractivity contribution in [1.29, 1.82) is 0 Å². The number of methoxy groups -OCH3 is 3. The molecule has 2 bridgehead atoms. The number of hydrogen-bond donors (Lipinski definition) is 3. The van der Waals surface area contributed by atoms with E-state index in [-0.39, 0.29) is 66.8 Å². The summed E-state index contributed by atoms with van der Waals surface area (Å²) in [5.41, 5.74) is 1.41. The fraction of sp³-hybridized carbons (Fsp3) is 0.824. The smallest absolute Gasteiger partial charge is 0.329 e. The zero-order valence-electron chi connectivity index (χ0n) is 41.1. The lowest BCUT2D eigenvalue weighted by molar-refractivity contribution is -0.265. The minimum absolute atomic E-state index is 0.0992. The van der Waals surface area contributed by atoms with Crippen LogP contribution in [0.25, 0.3) is 0 Å². The largest absolute Gasteiger partial charge is 0.460 e. The van der Waals surface area contributed by atoms with Crippen molar-refractivity contribution in [3.8, 4) is 0 Å². The molecule has 3 heterocycles. The Morgan fingerprint density at radius 1 is 0.831 bits per heavy atom. The summed E-state index contributed by atoms with van der Waals surface area (Å²) in [5.74, 6) is -7.47. The second-order valence-electron chi connectivity index (χ2n) is 20.3. The van der Waals surface area contributed by atoms with Gasteiger partial charge in [0.05, 0.1) is 24.4 Å². The van der Waals surface area contributed by atoms with Crippen LogP contribution in [0.3, 0.4) is 0 Å². The first-order valence-electron chi connectivity index (χ1n) is 24.6. The van der Waals surface area contributed by atoms with E-state index in [0.29, 0.717) is 63.4 Å². The lowest BCUT2D eigenvalue weighted by Gasteiger charge is -2.42. The quantitative estimate of drug-likeness (QED) is 0.146. The Hall–Kier alpha value is -2.85. The van der Waals surface area contributed by atoms with Gasteiger partial charge in [-0.3, -0.25) is 19.2 Å². The maximum atomic E-state index is 14.4. The highest BCUT2D eigenvalue weighted by Gasteiger charge is 2.53. The highest BCUT2D eigenvalue weighted by molar-refractivity contribution is 6.39. The van der Waals surface area contributed by atoms with E-state index < -0.39 is 71.8 Å². The van der Waals surface area contributed by atoms with Gasteiger partial charge in [-0.05, 0) is 120 Å². The van der Waals surface area contributed by atoms with Gasteiger partial charge in [0, 0.05) is 58.5 Å². The molecule has 0 spiro atoms. The van der Waals surface area contributed by atoms with Crippen molar-refractivity contribution in [3.63, 3.8) is 0 Å². The van der Waals surface area contributed by atoms with Crippen LogP contribution in [-0.2, 0) is 47.7 Å². The molecule has 65 heavy (non-hydrogen) atoms. The number of esters is 1. The van der Waals surface area contributed by atoms with Crippen LogP contribution >= 0.6 is 0 Å². The summed E-state index contributed by atoms with van der Waals surface area (Å²) in [6.07, 6.45) is 7.89. The summed E-state index contributed by atoms with van der Waals surface area (Å²) in [6, 6.07) is -1.13. The van der Waals surface area contributed by atoms with E-state index in [1.807, 2.05) is 20.8 Å². The summed E-state index contributed by atoms with van der Waals surface area (Å²) in [4.78, 5) is 71.9. The molecule has 0 aromatic rings. The van der Waals surface area contributed by atoms with Gasteiger partial charge in [-0.15, -0.1) is 0 Å². The lowest BCUT2D eigenvalue weighted by atomic mass is 9.78. The fourth-order valence-electron chi connectivity index (χ4n) is 10.7.